The second-order valence-corrected chi connectivity index (χ2v) is 11.0. The van der Waals surface area contributed by atoms with E-state index in [-0.39, 0.29) is 16.5 Å². The maximum atomic E-state index is 13.0. The zero-order valence-corrected chi connectivity index (χ0v) is 22.6. The van der Waals surface area contributed by atoms with Crippen LogP contribution in [-0.4, -0.2) is 22.1 Å². The average molecular weight is 598 g/mol. The van der Waals surface area contributed by atoms with E-state index in [4.69, 9.17) is 58.0 Å². The van der Waals surface area contributed by atoms with E-state index < -0.39 is 28.0 Å². The summed E-state index contributed by atoms with van der Waals surface area (Å²) in [5, 5.41) is 9.08. The molecule has 0 spiro atoms. The molecule has 0 heterocycles. The lowest BCUT2D eigenvalue weighted by Gasteiger charge is -2.11. The summed E-state index contributed by atoms with van der Waals surface area (Å²) in [6.45, 7) is 3.39. The van der Waals surface area contributed by atoms with E-state index in [1.165, 1.54) is 12.1 Å². The fourth-order valence-corrected chi connectivity index (χ4v) is 5.42. The molecule has 3 aromatic rings. The summed E-state index contributed by atoms with van der Waals surface area (Å²) in [6.07, 6.45) is 1.15. The Morgan fingerprint density at radius 2 is 1.35 bits per heavy atom. The lowest BCUT2D eigenvalue weighted by molar-refractivity contribution is -0.117. The van der Waals surface area contributed by atoms with Crippen LogP contribution < -0.4 is 16.0 Å². The molecule has 11 heteroatoms. The van der Waals surface area contributed by atoms with E-state index in [1.54, 1.807) is 48.5 Å². The van der Waals surface area contributed by atoms with Crippen LogP contribution >= 0.6 is 58.0 Å². The molecule has 1 saturated carbocycles. The van der Waals surface area contributed by atoms with Gasteiger partial charge in [0.25, 0.3) is 5.91 Å². The molecule has 190 valence electrons. The molecule has 37 heavy (non-hydrogen) atoms. The van der Waals surface area contributed by atoms with E-state index in [1.807, 2.05) is 0 Å². The van der Waals surface area contributed by atoms with E-state index in [0.717, 1.165) is 6.08 Å². The van der Waals surface area contributed by atoms with Crippen molar-refractivity contribution in [1.82, 2.24) is 0 Å². The number of rotatable bonds is 7. The van der Waals surface area contributed by atoms with E-state index >= 15 is 0 Å². The third-order valence-electron chi connectivity index (χ3n) is 5.65. The second kappa shape index (κ2) is 10.9. The van der Waals surface area contributed by atoms with E-state index in [9.17, 15) is 14.4 Å². The lowest BCUT2D eigenvalue weighted by Crippen LogP contribution is -2.18. The molecule has 0 saturated heterocycles. The van der Waals surface area contributed by atoms with Gasteiger partial charge in [0.15, 0.2) is 0 Å². The number of hydrogen-bond donors (Lipinski definition) is 3. The SMILES string of the molecule is C=CC(=O)Nc1ccc(NC(=O)c2cc(NC(=O)[C@@H]3[C@@H](c4cc(Cl)cc(Cl)c4)C3(Cl)Cl)ccc2Cl)cc1. The van der Waals surface area contributed by atoms with Crippen LogP contribution in [0, 0.1) is 5.92 Å². The molecule has 3 N–H and O–H groups in total. The van der Waals surface area contributed by atoms with Crippen molar-refractivity contribution in [1.29, 1.82) is 0 Å². The summed E-state index contributed by atoms with van der Waals surface area (Å²) in [4.78, 5) is 37.3. The van der Waals surface area contributed by atoms with Gasteiger partial charge in [-0.15, -0.1) is 23.2 Å². The van der Waals surface area contributed by atoms with Gasteiger partial charge in [-0.3, -0.25) is 14.4 Å². The third-order valence-corrected chi connectivity index (χ3v) is 7.36. The number of amides is 3. The molecule has 0 aromatic heterocycles. The first kappa shape index (κ1) is 27.3. The van der Waals surface area contributed by atoms with Gasteiger partial charge < -0.3 is 16.0 Å². The minimum Gasteiger partial charge on any atom is -0.326 e. The summed E-state index contributed by atoms with van der Waals surface area (Å²) in [5.41, 5.74) is 2.14. The molecule has 0 unspecified atom stereocenters. The Morgan fingerprint density at radius 1 is 0.784 bits per heavy atom. The summed E-state index contributed by atoms with van der Waals surface area (Å²) < 4.78 is -1.35. The number of hydrogen-bond acceptors (Lipinski definition) is 3. The van der Waals surface area contributed by atoms with Crippen molar-refractivity contribution in [2.45, 2.75) is 10.3 Å². The standard InChI is InChI=1S/C26H18Cl5N3O3/c1-2-21(35)32-16-3-5-17(6-4-16)33-24(36)19-12-18(7-8-20(19)29)34-25(37)23-22(26(23,30)31)13-9-14(27)11-15(28)10-13/h2-12,22-23H,1H2,(H,32,35)(H,33,36)(H,34,37)/t22-,23+/m1/s1. The van der Waals surface area contributed by atoms with Crippen molar-refractivity contribution >= 4 is 92.8 Å². The summed E-state index contributed by atoms with van der Waals surface area (Å²) in [6, 6.07) is 15.9. The number of benzene rings is 3. The highest BCUT2D eigenvalue weighted by Gasteiger charge is 2.67. The minimum atomic E-state index is -1.35. The Hall–Kier alpha value is -2.74. The van der Waals surface area contributed by atoms with Crippen molar-refractivity contribution in [2.24, 2.45) is 5.92 Å². The zero-order chi connectivity index (χ0) is 26.9. The first-order valence-corrected chi connectivity index (χ1v) is 12.7. The topological polar surface area (TPSA) is 87.3 Å². The lowest BCUT2D eigenvalue weighted by atomic mass is 10.1. The highest BCUT2D eigenvalue weighted by molar-refractivity contribution is 6.53. The molecular formula is C26H18Cl5N3O3. The number of carbonyl (C=O) groups excluding carboxylic acids is 3. The fourth-order valence-electron chi connectivity index (χ4n) is 3.85. The van der Waals surface area contributed by atoms with Crippen LogP contribution in [-0.2, 0) is 9.59 Å². The van der Waals surface area contributed by atoms with Crippen LogP contribution in [0.25, 0.3) is 0 Å². The van der Waals surface area contributed by atoms with Crippen molar-refractivity contribution in [2.75, 3.05) is 16.0 Å². The van der Waals surface area contributed by atoms with Gasteiger partial charge in [-0.1, -0.05) is 41.4 Å². The molecule has 3 aromatic carbocycles. The van der Waals surface area contributed by atoms with Crippen LogP contribution in [0.4, 0.5) is 17.1 Å². The summed E-state index contributed by atoms with van der Waals surface area (Å²) in [5.74, 6) is -2.56. The predicted octanol–water partition coefficient (Wildman–Crippen LogP) is 7.55. The van der Waals surface area contributed by atoms with Crippen molar-refractivity contribution < 1.29 is 14.4 Å². The Morgan fingerprint density at radius 3 is 1.95 bits per heavy atom. The van der Waals surface area contributed by atoms with Crippen molar-refractivity contribution in [3.8, 4) is 0 Å². The largest absolute Gasteiger partial charge is 0.326 e. The van der Waals surface area contributed by atoms with Crippen LogP contribution in [0.3, 0.4) is 0 Å². The molecule has 1 aliphatic rings. The fraction of sp³-hybridized carbons (Fsp3) is 0.115. The summed E-state index contributed by atoms with van der Waals surface area (Å²) >= 11 is 31.3. The number of alkyl halides is 2. The van der Waals surface area contributed by atoms with Crippen molar-refractivity contribution in [3.05, 3.63) is 99.5 Å². The molecule has 3 amide bonds. The van der Waals surface area contributed by atoms with Gasteiger partial charge in [0, 0.05) is 33.0 Å². The molecule has 0 radical (unpaired) electrons. The number of carbonyl (C=O) groups is 3. The molecule has 4 rings (SSSR count). The smallest absolute Gasteiger partial charge is 0.257 e. The summed E-state index contributed by atoms with van der Waals surface area (Å²) in [7, 11) is 0. The van der Waals surface area contributed by atoms with Crippen LogP contribution in [0.2, 0.25) is 15.1 Å². The molecule has 1 fully saturated rings. The van der Waals surface area contributed by atoms with Gasteiger partial charge in [-0.25, -0.2) is 0 Å². The molecule has 2 atom stereocenters. The first-order valence-electron chi connectivity index (χ1n) is 10.8. The molecule has 1 aliphatic carbocycles. The Kier molecular flexibility index (Phi) is 8.07. The second-order valence-electron chi connectivity index (χ2n) is 8.24. The number of halogens is 5. The van der Waals surface area contributed by atoms with Crippen LogP contribution in [0.15, 0.2) is 73.3 Å². The van der Waals surface area contributed by atoms with Gasteiger partial charge in [0.1, 0.15) is 4.33 Å². The zero-order valence-electron chi connectivity index (χ0n) is 18.8. The number of nitrogens with one attached hydrogen (secondary N) is 3. The predicted molar refractivity (Wildman–Crippen MR) is 150 cm³/mol. The maximum absolute atomic E-state index is 13.0. The van der Waals surface area contributed by atoms with Gasteiger partial charge >= 0.3 is 0 Å². The molecule has 0 aliphatic heterocycles. The number of anilines is 3. The Balaban J connectivity index is 1.46. The first-order chi connectivity index (χ1) is 17.5. The van der Waals surface area contributed by atoms with E-state index in [2.05, 4.69) is 22.5 Å². The Bertz CT molecular complexity index is 1390. The third kappa shape index (κ3) is 6.22. The van der Waals surface area contributed by atoms with Gasteiger partial charge in [-0.05, 0) is 72.3 Å². The van der Waals surface area contributed by atoms with Crippen LogP contribution in [0.1, 0.15) is 21.8 Å². The van der Waals surface area contributed by atoms with Gasteiger partial charge in [-0.2, -0.15) is 0 Å². The molecule has 6 nitrogen and oxygen atoms in total. The molecular weight excluding hydrogens is 580 g/mol. The van der Waals surface area contributed by atoms with E-state index in [0.29, 0.717) is 32.7 Å². The van der Waals surface area contributed by atoms with Crippen molar-refractivity contribution in [3.63, 3.8) is 0 Å². The maximum Gasteiger partial charge on any atom is 0.257 e. The highest BCUT2D eigenvalue weighted by Crippen LogP contribution is 2.65. The Labute approximate surface area is 237 Å². The monoisotopic (exact) mass is 595 g/mol. The molecule has 0 bridgehead atoms. The van der Waals surface area contributed by atoms with Gasteiger partial charge in [0.05, 0.1) is 16.5 Å². The van der Waals surface area contributed by atoms with Crippen LogP contribution in [0.5, 0.6) is 0 Å². The quantitative estimate of drug-likeness (QED) is 0.194. The van der Waals surface area contributed by atoms with Gasteiger partial charge in [0.2, 0.25) is 11.8 Å². The average Bonchev–Trinajstić information content (AvgIpc) is 3.42. The highest BCUT2D eigenvalue weighted by atomic mass is 35.5. The minimum absolute atomic E-state index is 0.139. The normalized spacial score (nSPS) is 17.4.